The molecule has 4 nitrogen and oxygen atoms in total. The first-order valence-corrected chi connectivity index (χ1v) is 10.5. The van der Waals surface area contributed by atoms with Crippen molar-refractivity contribution in [2.24, 2.45) is 0 Å². The molecule has 0 amide bonds. The minimum atomic E-state index is 0.282. The van der Waals surface area contributed by atoms with E-state index >= 15 is 0 Å². The zero-order chi connectivity index (χ0) is 17.3. The minimum absolute atomic E-state index is 0.282. The second-order valence-corrected chi connectivity index (χ2v) is 7.04. The number of rotatable bonds is 16. The van der Waals surface area contributed by atoms with Crippen molar-refractivity contribution in [2.75, 3.05) is 19.9 Å². The maximum absolute atomic E-state index is 6.03. The standard InChI is InChI=1S/C20H41NO3/c1-3-5-7-9-11-13-15-20(16-14-12-10-8-6-4-2)24-21-19-22-17-18-23-21/h20H,3-19H2,1-2H3. The highest BCUT2D eigenvalue weighted by atomic mass is 17.0. The van der Waals surface area contributed by atoms with Crippen molar-refractivity contribution in [3.8, 4) is 0 Å². The van der Waals surface area contributed by atoms with E-state index in [2.05, 4.69) is 13.8 Å². The molecule has 0 aromatic rings. The number of hydroxylamine groups is 2. The van der Waals surface area contributed by atoms with E-state index in [9.17, 15) is 0 Å². The largest absolute Gasteiger partial charge is 0.359 e. The van der Waals surface area contributed by atoms with Crippen LogP contribution in [0.25, 0.3) is 0 Å². The maximum Gasteiger partial charge on any atom is 0.149 e. The molecular formula is C20H41NO3. The lowest BCUT2D eigenvalue weighted by atomic mass is 10.0. The van der Waals surface area contributed by atoms with Gasteiger partial charge in [0.05, 0.1) is 19.3 Å². The predicted molar refractivity (Wildman–Crippen MR) is 99.5 cm³/mol. The van der Waals surface area contributed by atoms with Gasteiger partial charge in [-0.2, -0.15) is 0 Å². The molecule has 144 valence electrons. The average molecular weight is 344 g/mol. The van der Waals surface area contributed by atoms with Crippen molar-refractivity contribution < 1.29 is 14.4 Å². The van der Waals surface area contributed by atoms with Crippen LogP contribution in [-0.2, 0) is 14.4 Å². The molecule has 0 aliphatic carbocycles. The zero-order valence-electron chi connectivity index (χ0n) is 16.3. The minimum Gasteiger partial charge on any atom is -0.359 e. The Hall–Kier alpha value is -0.160. The third-order valence-electron chi connectivity index (χ3n) is 4.69. The van der Waals surface area contributed by atoms with Crippen LogP contribution in [0.15, 0.2) is 0 Å². The van der Waals surface area contributed by atoms with E-state index < -0.39 is 0 Å². The topological polar surface area (TPSA) is 30.9 Å². The third-order valence-corrected chi connectivity index (χ3v) is 4.69. The van der Waals surface area contributed by atoms with Gasteiger partial charge in [-0.05, 0) is 18.1 Å². The van der Waals surface area contributed by atoms with E-state index in [1.54, 1.807) is 5.23 Å². The van der Waals surface area contributed by atoms with Gasteiger partial charge in [0.1, 0.15) is 6.73 Å². The summed E-state index contributed by atoms with van der Waals surface area (Å²) in [5.41, 5.74) is 0. The molecule has 0 bridgehead atoms. The smallest absolute Gasteiger partial charge is 0.149 e. The summed E-state index contributed by atoms with van der Waals surface area (Å²) in [7, 11) is 0. The first kappa shape index (κ1) is 21.9. The van der Waals surface area contributed by atoms with Crippen LogP contribution in [0.3, 0.4) is 0 Å². The van der Waals surface area contributed by atoms with Crippen LogP contribution in [0.5, 0.6) is 0 Å². The SMILES string of the molecule is CCCCCCCCC(CCCCCCCC)ON1COCCO1. The van der Waals surface area contributed by atoms with Crippen molar-refractivity contribution in [2.45, 2.75) is 110 Å². The highest BCUT2D eigenvalue weighted by Crippen LogP contribution is 2.18. The summed E-state index contributed by atoms with van der Waals surface area (Å²) >= 11 is 0. The van der Waals surface area contributed by atoms with Crippen LogP contribution in [-0.4, -0.2) is 31.3 Å². The molecule has 1 aliphatic rings. The number of ether oxygens (including phenoxy) is 1. The van der Waals surface area contributed by atoms with Gasteiger partial charge in [-0.15, -0.1) is 0 Å². The molecule has 0 spiro atoms. The molecule has 0 aromatic carbocycles. The monoisotopic (exact) mass is 343 g/mol. The lowest BCUT2D eigenvalue weighted by Crippen LogP contribution is -2.37. The summed E-state index contributed by atoms with van der Waals surface area (Å²) in [6.45, 7) is 6.24. The Morgan fingerprint density at radius 2 is 1.29 bits per heavy atom. The Balaban J connectivity index is 2.16. The van der Waals surface area contributed by atoms with Gasteiger partial charge in [0.2, 0.25) is 0 Å². The highest BCUT2D eigenvalue weighted by molar-refractivity contribution is 4.59. The van der Waals surface area contributed by atoms with Gasteiger partial charge in [-0.25, -0.2) is 0 Å². The first-order chi connectivity index (χ1) is 11.9. The van der Waals surface area contributed by atoms with Gasteiger partial charge in [0.15, 0.2) is 0 Å². The summed E-state index contributed by atoms with van der Waals surface area (Å²) in [5.74, 6) is 0. The molecule has 1 fully saturated rings. The Labute approximate surface area is 150 Å². The molecule has 4 heteroatoms. The van der Waals surface area contributed by atoms with E-state index in [1.165, 1.54) is 77.0 Å². The number of hydrogen-bond acceptors (Lipinski definition) is 4. The molecule has 0 aromatic heterocycles. The normalized spacial score (nSPS) is 16.1. The summed E-state index contributed by atoms with van der Waals surface area (Å²) < 4.78 is 5.40. The molecule has 1 heterocycles. The highest BCUT2D eigenvalue weighted by Gasteiger charge is 2.18. The summed E-state index contributed by atoms with van der Waals surface area (Å²) in [6, 6.07) is 0. The quantitative estimate of drug-likeness (QED) is 0.321. The van der Waals surface area contributed by atoms with Gasteiger partial charge in [0.25, 0.3) is 0 Å². The lowest BCUT2D eigenvalue weighted by Gasteiger charge is -2.29. The van der Waals surface area contributed by atoms with E-state index in [4.69, 9.17) is 14.4 Å². The fourth-order valence-corrected chi connectivity index (χ4v) is 3.16. The molecule has 0 saturated carbocycles. The summed E-state index contributed by atoms with van der Waals surface area (Å²) in [6.07, 6.45) is 18.6. The van der Waals surface area contributed by atoms with Crippen molar-refractivity contribution in [3.05, 3.63) is 0 Å². The molecular weight excluding hydrogens is 302 g/mol. The lowest BCUT2D eigenvalue weighted by molar-refractivity contribution is -0.433. The third kappa shape index (κ3) is 12.2. The molecule has 1 rings (SSSR count). The van der Waals surface area contributed by atoms with Crippen molar-refractivity contribution in [1.82, 2.24) is 5.23 Å². The molecule has 24 heavy (non-hydrogen) atoms. The van der Waals surface area contributed by atoms with Gasteiger partial charge >= 0.3 is 0 Å². The van der Waals surface area contributed by atoms with Crippen LogP contribution in [0, 0.1) is 0 Å². The van der Waals surface area contributed by atoms with Crippen LogP contribution >= 0.6 is 0 Å². The van der Waals surface area contributed by atoms with Gasteiger partial charge in [0, 0.05) is 0 Å². The van der Waals surface area contributed by atoms with Crippen LogP contribution in [0.1, 0.15) is 104 Å². The van der Waals surface area contributed by atoms with Crippen LogP contribution < -0.4 is 0 Å². The van der Waals surface area contributed by atoms with E-state index in [-0.39, 0.29) is 6.10 Å². The Morgan fingerprint density at radius 1 is 0.750 bits per heavy atom. The number of unbranched alkanes of at least 4 members (excludes halogenated alkanes) is 10. The Morgan fingerprint density at radius 3 is 1.79 bits per heavy atom. The van der Waals surface area contributed by atoms with E-state index in [1.807, 2.05) is 0 Å². The van der Waals surface area contributed by atoms with Gasteiger partial charge < -0.3 is 4.74 Å². The van der Waals surface area contributed by atoms with Crippen molar-refractivity contribution >= 4 is 0 Å². The van der Waals surface area contributed by atoms with Crippen LogP contribution in [0.4, 0.5) is 0 Å². The number of nitrogens with zero attached hydrogens (tertiary/aromatic N) is 1. The molecule has 1 saturated heterocycles. The molecule has 0 radical (unpaired) electrons. The van der Waals surface area contributed by atoms with Crippen molar-refractivity contribution in [1.29, 1.82) is 0 Å². The molecule has 0 unspecified atom stereocenters. The summed E-state index contributed by atoms with van der Waals surface area (Å²) in [4.78, 5) is 11.5. The van der Waals surface area contributed by atoms with Crippen molar-refractivity contribution in [3.63, 3.8) is 0 Å². The second kappa shape index (κ2) is 16.3. The average Bonchev–Trinajstić information content (AvgIpc) is 2.61. The fourth-order valence-electron chi connectivity index (χ4n) is 3.16. The number of hydrogen-bond donors (Lipinski definition) is 0. The second-order valence-electron chi connectivity index (χ2n) is 7.04. The van der Waals surface area contributed by atoms with E-state index in [0.29, 0.717) is 19.9 Å². The fraction of sp³-hybridized carbons (Fsp3) is 1.00. The van der Waals surface area contributed by atoms with Gasteiger partial charge in [-0.3, -0.25) is 9.68 Å². The maximum atomic E-state index is 6.03. The first-order valence-electron chi connectivity index (χ1n) is 10.5. The van der Waals surface area contributed by atoms with Gasteiger partial charge in [-0.1, -0.05) is 90.9 Å². The summed E-state index contributed by atoms with van der Waals surface area (Å²) in [5, 5.41) is 1.56. The Bertz CT molecular complexity index is 241. The molecule has 1 aliphatic heterocycles. The molecule has 0 N–H and O–H groups in total. The Kier molecular flexibility index (Phi) is 14.9. The molecule has 0 atom stereocenters. The zero-order valence-corrected chi connectivity index (χ0v) is 16.3. The van der Waals surface area contributed by atoms with Crippen LogP contribution in [0.2, 0.25) is 0 Å². The van der Waals surface area contributed by atoms with E-state index in [0.717, 1.165) is 12.8 Å². The predicted octanol–water partition coefficient (Wildman–Crippen LogP) is 6.01.